The molecule has 0 aromatic heterocycles. The predicted octanol–water partition coefficient (Wildman–Crippen LogP) is 0.745. The van der Waals surface area contributed by atoms with Gasteiger partial charge in [0.25, 0.3) is 0 Å². The van der Waals surface area contributed by atoms with E-state index in [1.807, 2.05) is 4.90 Å². The highest BCUT2D eigenvalue weighted by atomic mass is 16.6. The molecule has 0 saturated carbocycles. The van der Waals surface area contributed by atoms with Crippen LogP contribution in [0.3, 0.4) is 0 Å². The Bertz CT molecular complexity index is 226. The van der Waals surface area contributed by atoms with Gasteiger partial charge in [-0.15, -0.1) is 0 Å². The van der Waals surface area contributed by atoms with Crippen LogP contribution in [0.25, 0.3) is 0 Å². The molecule has 14 heavy (non-hydrogen) atoms. The summed E-state index contributed by atoms with van der Waals surface area (Å²) < 4.78 is 5.05. The van der Waals surface area contributed by atoms with Crippen LogP contribution in [0, 0.1) is 0 Å². The number of hydrogen-bond acceptors (Lipinski definition) is 3. The van der Waals surface area contributed by atoms with E-state index >= 15 is 0 Å². The van der Waals surface area contributed by atoms with Crippen LogP contribution in [-0.4, -0.2) is 42.8 Å². The molecule has 0 spiro atoms. The third kappa shape index (κ3) is 1.62. The highest BCUT2D eigenvalue weighted by Gasteiger charge is 2.40. The summed E-state index contributed by atoms with van der Waals surface area (Å²) in [5, 5.41) is 3.32. The summed E-state index contributed by atoms with van der Waals surface area (Å²) >= 11 is 0. The molecule has 2 saturated heterocycles. The van der Waals surface area contributed by atoms with Crippen LogP contribution in [0.4, 0.5) is 4.79 Å². The van der Waals surface area contributed by atoms with E-state index < -0.39 is 0 Å². The van der Waals surface area contributed by atoms with Gasteiger partial charge in [0.2, 0.25) is 0 Å². The van der Waals surface area contributed by atoms with Crippen LogP contribution in [0.2, 0.25) is 0 Å². The number of ether oxygens (including phenoxy) is 1. The highest BCUT2D eigenvalue weighted by molar-refractivity contribution is 5.69. The van der Waals surface area contributed by atoms with Crippen molar-refractivity contribution in [3.8, 4) is 0 Å². The molecule has 2 heterocycles. The molecule has 2 aliphatic rings. The summed E-state index contributed by atoms with van der Waals surface area (Å²) in [7, 11) is 0. The van der Waals surface area contributed by atoms with Gasteiger partial charge in [0.15, 0.2) is 0 Å². The molecule has 0 radical (unpaired) electrons. The van der Waals surface area contributed by atoms with Crippen molar-refractivity contribution in [3.05, 3.63) is 12.7 Å². The lowest BCUT2D eigenvalue weighted by atomic mass is 10.2. The molecule has 2 aliphatic heterocycles. The summed E-state index contributed by atoms with van der Waals surface area (Å²) in [6.45, 7) is 5.64. The van der Waals surface area contributed by atoms with Gasteiger partial charge in [0.1, 0.15) is 6.61 Å². The number of piperazine rings is 1. The first-order valence-electron chi connectivity index (χ1n) is 5.09. The average Bonchev–Trinajstić information content (AvgIpc) is 2.45. The molecule has 2 fully saturated rings. The lowest BCUT2D eigenvalue weighted by Crippen LogP contribution is -2.54. The van der Waals surface area contributed by atoms with Gasteiger partial charge < -0.3 is 10.1 Å². The van der Waals surface area contributed by atoms with E-state index in [-0.39, 0.29) is 6.09 Å². The molecule has 78 valence electrons. The van der Waals surface area contributed by atoms with E-state index in [2.05, 4.69) is 11.9 Å². The maximum absolute atomic E-state index is 11.6. The van der Waals surface area contributed by atoms with E-state index in [9.17, 15) is 4.79 Å². The minimum absolute atomic E-state index is 0.182. The Hall–Kier alpha value is -1.03. The van der Waals surface area contributed by atoms with Crippen molar-refractivity contribution in [2.45, 2.75) is 24.9 Å². The fourth-order valence-electron chi connectivity index (χ4n) is 2.28. The van der Waals surface area contributed by atoms with E-state index in [1.54, 1.807) is 6.08 Å². The monoisotopic (exact) mass is 196 g/mol. The number of nitrogens with zero attached hydrogens (tertiary/aromatic N) is 1. The second kappa shape index (κ2) is 4.00. The van der Waals surface area contributed by atoms with Crippen molar-refractivity contribution in [2.75, 3.05) is 19.7 Å². The predicted molar refractivity (Wildman–Crippen MR) is 53.1 cm³/mol. The molecule has 0 aliphatic carbocycles. The summed E-state index contributed by atoms with van der Waals surface area (Å²) in [6, 6.07) is 0.678. The lowest BCUT2D eigenvalue weighted by molar-refractivity contribution is 0.0823. The molecule has 2 rings (SSSR count). The zero-order valence-electron chi connectivity index (χ0n) is 8.24. The van der Waals surface area contributed by atoms with Crippen LogP contribution in [0.1, 0.15) is 12.8 Å². The van der Waals surface area contributed by atoms with Crippen molar-refractivity contribution in [2.24, 2.45) is 0 Å². The number of fused-ring (bicyclic) bond motifs is 2. The van der Waals surface area contributed by atoms with Crippen LogP contribution in [0.15, 0.2) is 12.7 Å². The van der Waals surface area contributed by atoms with Crippen LogP contribution < -0.4 is 5.32 Å². The van der Waals surface area contributed by atoms with Crippen molar-refractivity contribution < 1.29 is 9.53 Å². The third-order valence-electron chi connectivity index (χ3n) is 2.92. The van der Waals surface area contributed by atoms with Crippen molar-refractivity contribution in [1.82, 2.24) is 10.2 Å². The molecule has 4 nitrogen and oxygen atoms in total. The molecule has 0 aromatic carbocycles. The van der Waals surface area contributed by atoms with Gasteiger partial charge in [-0.3, -0.25) is 4.90 Å². The first kappa shape index (κ1) is 9.52. The van der Waals surface area contributed by atoms with Crippen LogP contribution in [-0.2, 0) is 4.74 Å². The Balaban J connectivity index is 1.96. The first-order chi connectivity index (χ1) is 6.83. The summed E-state index contributed by atoms with van der Waals surface area (Å²) in [5.74, 6) is 0. The quantitative estimate of drug-likeness (QED) is 0.662. The minimum Gasteiger partial charge on any atom is -0.445 e. The Labute approximate surface area is 83.9 Å². The number of hydrogen-bond donors (Lipinski definition) is 1. The fourth-order valence-corrected chi connectivity index (χ4v) is 2.28. The Morgan fingerprint density at radius 1 is 1.50 bits per heavy atom. The summed E-state index contributed by atoms with van der Waals surface area (Å²) in [6.07, 6.45) is 3.61. The van der Waals surface area contributed by atoms with E-state index in [1.165, 1.54) is 0 Å². The Morgan fingerprint density at radius 3 is 2.71 bits per heavy atom. The molecule has 1 amide bonds. The zero-order chi connectivity index (χ0) is 9.97. The Kier molecular flexibility index (Phi) is 2.72. The lowest BCUT2D eigenvalue weighted by Gasteiger charge is -2.34. The molecule has 0 unspecified atom stereocenters. The normalized spacial score (nSPS) is 30.1. The van der Waals surface area contributed by atoms with E-state index in [0.29, 0.717) is 18.7 Å². The number of amides is 1. The average molecular weight is 196 g/mol. The summed E-state index contributed by atoms with van der Waals surface area (Å²) in [5.41, 5.74) is 0. The minimum atomic E-state index is -0.182. The molecular formula is C10H16N2O2. The standard InChI is InChI=1S/C10H16N2O2/c1-2-5-14-10(13)12-8-3-4-9(12)7-11-6-8/h2,8-9,11H,1,3-7H2/t8-,9+. The van der Waals surface area contributed by atoms with Gasteiger partial charge >= 0.3 is 6.09 Å². The fraction of sp³-hybridized carbons (Fsp3) is 0.700. The van der Waals surface area contributed by atoms with Crippen molar-refractivity contribution >= 4 is 6.09 Å². The molecule has 0 aromatic rings. The summed E-state index contributed by atoms with van der Waals surface area (Å²) in [4.78, 5) is 13.5. The van der Waals surface area contributed by atoms with Gasteiger partial charge in [-0.25, -0.2) is 4.79 Å². The molecule has 2 atom stereocenters. The molecular weight excluding hydrogens is 180 g/mol. The third-order valence-corrected chi connectivity index (χ3v) is 2.92. The smallest absolute Gasteiger partial charge is 0.410 e. The van der Waals surface area contributed by atoms with Gasteiger partial charge in [0, 0.05) is 25.2 Å². The largest absolute Gasteiger partial charge is 0.445 e. The number of carbonyl (C=O) groups is 1. The van der Waals surface area contributed by atoms with Gasteiger partial charge in [-0.1, -0.05) is 12.7 Å². The first-order valence-corrected chi connectivity index (χ1v) is 5.09. The second-order valence-electron chi connectivity index (χ2n) is 3.82. The molecule has 1 N–H and O–H groups in total. The Morgan fingerprint density at radius 2 is 2.14 bits per heavy atom. The highest BCUT2D eigenvalue weighted by Crippen LogP contribution is 2.26. The molecule has 2 bridgehead atoms. The molecule has 4 heteroatoms. The number of carbonyl (C=O) groups excluding carboxylic acids is 1. The van der Waals surface area contributed by atoms with Gasteiger partial charge in [0.05, 0.1) is 0 Å². The topological polar surface area (TPSA) is 41.6 Å². The van der Waals surface area contributed by atoms with E-state index in [0.717, 1.165) is 25.9 Å². The SMILES string of the molecule is C=CCOC(=O)N1[C@@H]2CC[C@H]1CNC2. The van der Waals surface area contributed by atoms with Crippen molar-refractivity contribution in [1.29, 1.82) is 0 Å². The van der Waals surface area contributed by atoms with Crippen LogP contribution >= 0.6 is 0 Å². The zero-order valence-corrected chi connectivity index (χ0v) is 8.24. The van der Waals surface area contributed by atoms with Crippen molar-refractivity contribution in [3.63, 3.8) is 0 Å². The maximum Gasteiger partial charge on any atom is 0.410 e. The van der Waals surface area contributed by atoms with Gasteiger partial charge in [-0.2, -0.15) is 0 Å². The number of rotatable bonds is 2. The second-order valence-corrected chi connectivity index (χ2v) is 3.82. The van der Waals surface area contributed by atoms with E-state index in [4.69, 9.17) is 4.74 Å². The van der Waals surface area contributed by atoms with Gasteiger partial charge in [-0.05, 0) is 12.8 Å². The number of nitrogens with one attached hydrogen (secondary N) is 1. The maximum atomic E-state index is 11.6. The van der Waals surface area contributed by atoms with Crippen LogP contribution in [0.5, 0.6) is 0 Å².